The van der Waals surface area contributed by atoms with Crippen molar-refractivity contribution in [3.05, 3.63) is 52.5 Å². The summed E-state index contributed by atoms with van der Waals surface area (Å²) in [5.41, 5.74) is 2.89. The number of hydrogen-bond acceptors (Lipinski definition) is 4. The topological polar surface area (TPSA) is 104 Å². The van der Waals surface area contributed by atoms with E-state index >= 15 is 0 Å². The number of halogens is 1. The number of hydrogen-bond donors (Lipinski definition) is 3. The molecule has 154 valence electrons. The SMILES string of the molecule is Cc1cc(Cl)ccc1NC(=O)CCNS(=O)(=O)c1ccc2c(c1)CCCC(=O)N2. The van der Waals surface area contributed by atoms with Gasteiger partial charge in [-0.15, -0.1) is 0 Å². The zero-order valence-electron chi connectivity index (χ0n) is 15.9. The quantitative estimate of drug-likeness (QED) is 0.647. The molecule has 0 saturated carbocycles. The normalized spacial score (nSPS) is 13.9. The Morgan fingerprint density at radius 2 is 1.97 bits per heavy atom. The molecule has 0 aliphatic carbocycles. The summed E-state index contributed by atoms with van der Waals surface area (Å²) in [6, 6.07) is 9.73. The number of amides is 2. The summed E-state index contributed by atoms with van der Waals surface area (Å²) in [5.74, 6) is -0.373. The Labute approximate surface area is 174 Å². The van der Waals surface area contributed by atoms with Gasteiger partial charge in [-0.1, -0.05) is 11.6 Å². The molecule has 0 radical (unpaired) electrons. The van der Waals surface area contributed by atoms with E-state index in [2.05, 4.69) is 15.4 Å². The molecule has 3 N–H and O–H groups in total. The first-order valence-corrected chi connectivity index (χ1v) is 11.1. The first kappa shape index (κ1) is 21.3. The predicted molar refractivity (Wildman–Crippen MR) is 113 cm³/mol. The lowest BCUT2D eigenvalue weighted by Crippen LogP contribution is -2.28. The predicted octanol–water partition coefficient (Wildman–Crippen LogP) is 3.23. The molecule has 2 aromatic rings. The zero-order valence-corrected chi connectivity index (χ0v) is 17.5. The molecule has 2 amide bonds. The molecule has 9 heteroatoms. The summed E-state index contributed by atoms with van der Waals surface area (Å²) in [4.78, 5) is 23.8. The third-order valence-corrected chi connectivity index (χ3v) is 6.31. The summed E-state index contributed by atoms with van der Waals surface area (Å²) in [6.07, 6.45) is 1.69. The van der Waals surface area contributed by atoms with Gasteiger partial charge < -0.3 is 10.6 Å². The first-order valence-electron chi connectivity index (χ1n) is 9.23. The summed E-state index contributed by atoms with van der Waals surface area (Å²) in [7, 11) is -3.76. The van der Waals surface area contributed by atoms with E-state index in [9.17, 15) is 18.0 Å². The van der Waals surface area contributed by atoms with Gasteiger partial charge in [0, 0.05) is 35.8 Å². The Hall–Kier alpha value is -2.42. The van der Waals surface area contributed by atoms with Crippen LogP contribution in [-0.2, 0) is 26.0 Å². The monoisotopic (exact) mass is 435 g/mol. The highest BCUT2D eigenvalue weighted by molar-refractivity contribution is 7.89. The van der Waals surface area contributed by atoms with Crippen LogP contribution in [0.15, 0.2) is 41.3 Å². The molecule has 1 heterocycles. The van der Waals surface area contributed by atoms with Gasteiger partial charge in [0.05, 0.1) is 4.90 Å². The van der Waals surface area contributed by atoms with Crippen molar-refractivity contribution in [1.82, 2.24) is 4.72 Å². The Bertz CT molecular complexity index is 1050. The average molecular weight is 436 g/mol. The molecule has 7 nitrogen and oxygen atoms in total. The van der Waals surface area contributed by atoms with Crippen molar-refractivity contribution in [1.29, 1.82) is 0 Å². The number of carbonyl (C=O) groups is 2. The molecule has 0 atom stereocenters. The molecule has 0 fully saturated rings. The van der Waals surface area contributed by atoms with Crippen molar-refractivity contribution in [3.63, 3.8) is 0 Å². The van der Waals surface area contributed by atoms with Crippen LogP contribution in [0.3, 0.4) is 0 Å². The highest BCUT2D eigenvalue weighted by atomic mass is 35.5. The standard InChI is InChI=1S/C20H22ClN3O4S/c1-13-11-15(21)5-7-17(13)23-20(26)9-10-22-29(27,28)16-6-8-18-14(12-16)3-2-4-19(25)24-18/h5-8,11-12,22H,2-4,9-10H2,1H3,(H,23,26)(H,24,25). The first-order chi connectivity index (χ1) is 13.7. The highest BCUT2D eigenvalue weighted by Gasteiger charge is 2.19. The molecular formula is C20H22ClN3O4S. The van der Waals surface area contributed by atoms with Gasteiger partial charge in [0.1, 0.15) is 0 Å². The Morgan fingerprint density at radius 1 is 1.17 bits per heavy atom. The van der Waals surface area contributed by atoms with E-state index in [-0.39, 0.29) is 29.7 Å². The van der Waals surface area contributed by atoms with Crippen molar-refractivity contribution in [3.8, 4) is 0 Å². The molecular weight excluding hydrogens is 414 g/mol. The van der Waals surface area contributed by atoms with Crippen LogP contribution in [-0.4, -0.2) is 26.8 Å². The van der Waals surface area contributed by atoms with Crippen LogP contribution in [0.25, 0.3) is 0 Å². The largest absolute Gasteiger partial charge is 0.326 e. The Balaban J connectivity index is 1.59. The number of rotatable bonds is 6. The summed E-state index contributed by atoms with van der Waals surface area (Å²) in [5, 5.41) is 6.10. The van der Waals surface area contributed by atoms with Crippen molar-refractivity contribution in [2.24, 2.45) is 0 Å². The van der Waals surface area contributed by atoms with Crippen LogP contribution in [0.5, 0.6) is 0 Å². The maximum Gasteiger partial charge on any atom is 0.240 e. The molecule has 29 heavy (non-hydrogen) atoms. The van der Waals surface area contributed by atoms with Crippen LogP contribution in [0.2, 0.25) is 5.02 Å². The van der Waals surface area contributed by atoms with Gasteiger partial charge >= 0.3 is 0 Å². The maximum atomic E-state index is 12.6. The van der Waals surface area contributed by atoms with Crippen molar-refractivity contribution in [2.45, 2.75) is 37.5 Å². The van der Waals surface area contributed by atoms with E-state index in [1.807, 2.05) is 6.92 Å². The molecule has 1 aliphatic rings. The van der Waals surface area contributed by atoms with Gasteiger partial charge in [-0.3, -0.25) is 9.59 Å². The number of fused-ring (bicyclic) bond motifs is 1. The third-order valence-electron chi connectivity index (χ3n) is 4.62. The van der Waals surface area contributed by atoms with Gasteiger partial charge in [0.25, 0.3) is 0 Å². The summed E-state index contributed by atoms with van der Waals surface area (Å²) >= 11 is 5.90. The lowest BCUT2D eigenvalue weighted by atomic mass is 10.1. The van der Waals surface area contributed by atoms with Gasteiger partial charge in [0.15, 0.2) is 0 Å². The molecule has 2 aromatic carbocycles. The molecule has 0 unspecified atom stereocenters. The van der Waals surface area contributed by atoms with E-state index < -0.39 is 10.0 Å². The van der Waals surface area contributed by atoms with Crippen LogP contribution in [0, 0.1) is 6.92 Å². The van der Waals surface area contributed by atoms with E-state index in [1.54, 1.807) is 30.3 Å². The lowest BCUT2D eigenvalue weighted by molar-refractivity contribution is -0.116. The molecule has 3 rings (SSSR count). The highest BCUT2D eigenvalue weighted by Crippen LogP contribution is 2.25. The third kappa shape index (κ3) is 5.56. The zero-order chi connectivity index (χ0) is 21.0. The number of benzene rings is 2. The lowest BCUT2D eigenvalue weighted by Gasteiger charge is -2.12. The van der Waals surface area contributed by atoms with Crippen LogP contribution in [0.1, 0.15) is 30.4 Å². The number of nitrogens with one attached hydrogen (secondary N) is 3. The second-order valence-electron chi connectivity index (χ2n) is 6.88. The number of sulfonamides is 1. The fourth-order valence-electron chi connectivity index (χ4n) is 3.08. The number of anilines is 2. The second kappa shape index (κ2) is 8.94. The van der Waals surface area contributed by atoms with E-state index in [4.69, 9.17) is 11.6 Å². The second-order valence-corrected chi connectivity index (χ2v) is 9.08. The maximum absolute atomic E-state index is 12.6. The van der Waals surface area contributed by atoms with Crippen molar-refractivity contribution < 1.29 is 18.0 Å². The smallest absolute Gasteiger partial charge is 0.240 e. The van der Waals surface area contributed by atoms with Crippen LogP contribution >= 0.6 is 11.6 Å². The fraction of sp³-hybridized carbons (Fsp3) is 0.300. The van der Waals surface area contributed by atoms with E-state index in [0.717, 1.165) is 11.1 Å². The molecule has 0 spiro atoms. The molecule has 0 aromatic heterocycles. The number of aryl methyl sites for hydroxylation is 2. The molecule has 1 aliphatic heterocycles. The van der Waals surface area contributed by atoms with Crippen molar-refractivity contribution >= 4 is 44.8 Å². The van der Waals surface area contributed by atoms with Gasteiger partial charge in [0.2, 0.25) is 21.8 Å². The van der Waals surface area contributed by atoms with Crippen LogP contribution in [0.4, 0.5) is 11.4 Å². The van der Waals surface area contributed by atoms with Gasteiger partial charge in [-0.2, -0.15) is 0 Å². The van der Waals surface area contributed by atoms with E-state index in [0.29, 0.717) is 35.7 Å². The fourth-order valence-corrected chi connectivity index (χ4v) is 4.39. The summed E-state index contributed by atoms with van der Waals surface area (Å²) < 4.78 is 27.6. The Kier molecular flexibility index (Phi) is 6.56. The van der Waals surface area contributed by atoms with Gasteiger partial charge in [-0.05, 0) is 67.3 Å². The number of carbonyl (C=O) groups excluding carboxylic acids is 2. The summed E-state index contributed by atoms with van der Waals surface area (Å²) in [6.45, 7) is 1.79. The minimum atomic E-state index is -3.76. The average Bonchev–Trinajstić information content (AvgIpc) is 2.83. The van der Waals surface area contributed by atoms with Gasteiger partial charge in [-0.25, -0.2) is 13.1 Å². The van der Waals surface area contributed by atoms with E-state index in [1.165, 1.54) is 6.07 Å². The minimum Gasteiger partial charge on any atom is -0.326 e. The van der Waals surface area contributed by atoms with Crippen molar-refractivity contribution in [2.75, 3.05) is 17.2 Å². The minimum absolute atomic E-state index is 0.0116. The molecule has 0 bridgehead atoms. The van der Waals surface area contributed by atoms with Crippen LogP contribution < -0.4 is 15.4 Å². The molecule has 0 saturated heterocycles. The Morgan fingerprint density at radius 3 is 2.72 bits per heavy atom.